The van der Waals surface area contributed by atoms with Gasteiger partial charge in [-0.1, -0.05) is 24.3 Å². The number of hydrogen-bond acceptors (Lipinski definition) is 6. The van der Waals surface area contributed by atoms with Crippen LogP contribution in [0.1, 0.15) is 11.5 Å². The average molecular weight is 393 g/mol. The van der Waals surface area contributed by atoms with E-state index in [1.54, 1.807) is 23.3 Å². The first-order chi connectivity index (χ1) is 13.2. The number of anilines is 1. The summed E-state index contributed by atoms with van der Waals surface area (Å²) in [6, 6.07) is 13.2. The van der Waals surface area contributed by atoms with Gasteiger partial charge in [-0.05, 0) is 55.1 Å². The van der Waals surface area contributed by atoms with E-state index in [1.807, 2.05) is 60.8 Å². The second kappa shape index (κ2) is 7.77. The molecule has 3 heterocycles. The number of amidine groups is 1. The molecule has 27 heavy (non-hydrogen) atoms. The van der Waals surface area contributed by atoms with E-state index in [0.29, 0.717) is 15.2 Å². The van der Waals surface area contributed by atoms with E-state index in [2.05, 4.69) is 9.98 Å². The molecule has 1 aliphatic heterocycles. The van der Waals surface area contributed by atoms with Gasteiger partial charge >= 0.3 is 0 Å². The van der Waals surface area contributed by atoms with Crippen LogP contribution in [0.15, 0.2) is 80.6 Å². The molecule has 134 valence electrons. The molecule has 1 saturated heterocycles. The van der Waals surface area contributed by atoms with E-state index in [9.17, 15) is 4.79 Å². The van der Waals surface area contributed by atoms with Gasteiger partial charge in [0.05, 0.1) is 22.5 Å². The van der Waals surface area contributed by atoms with Crippen LogP contribution in [0.3, 0.4) is 0 Å². The zero-order chi connectivity index (χ0) is 18.6. The van der Waals surface area contributed by atoms with E-state index in [1.165, 1.54) is 23.1 Å². The number of hydrogen-bond donors (Lipinski definition) is 0. The van der Waals surface area contributed by atoms with Gasteiger partial charge in [0.25, 0.3) is 5.91 Å². The van der Waals surface area contributed by atoms with Crippen LogP contribution < -0.4 is 4.90 Å². The number of carbonyl (C=O) groups excluding carboxylic acids is 1. The number of para-hydroxylation sites is 1. The predicted molar refractivity (Wildman–Crippen MR) is 111 cm³/mol. The van der Waals surface area contributed by atoms with Crippen LogP contribution in [0.25, 0.3) is 6.08 Å². The van der Waals surface area contributed by atoms with E-state index < -0.39 is 0 Å². The minimum atomic E-state index is -0.109. The normalized spacial score (nSPS) is 17.7. The van der Waals surface area contributed by atoms with Crippen molar-refractivity contribution in [3.05, 3.63) is 82.6 Å². The number of allylic oxidation sites excluding steroid dienone is 2. The molecular formula is C20H15N3O2S2. The molecule has 1 amide bonds. The number of thioether (sulfide) groups is 1. The highest BCUT2D eigenvalue weighted by Crippen LogP contribution is 2.36. The Morgan fingerprint density at radius 3 is 2.74 bits per heavy atom. The number of amides is 1. The lowest BCUT2D eigenvalue weighted by Crippen LogP contribution is -2.28. The molecule has 0 N–H and O–H groups in total. The lowest BCUT2D eigenvalue weighted by Gasteiger charge is -2.14. The average Bonchev–Trinajstić information content (AvgIpc) is 3.39. The Labute approximate surface area is 164 Å². The highest BCUT2D eigenvalue weighted by atomic mass is 32.2. The fourth-order valence-corrected chi connectivity index (χ4v) is 4.11. The summed E-state index contributed by atoms with van der Waals surface area (Å²) in [7, 11) is 0. The van der Waals surface area contributed by atoms with Gasteiger partial charge < -0.3 is 4.42 Å². The van der Waals surface area contributed by atoms with Crippen molar-refractivity contribution in [2.45, 2.75) is 6.92 Å². The van der Waals surface area contributed by atoms with Crippen molar-refractivity contribution in [3.8, 4) is 0 Å². The fourth-order valence-electron chi connectivity index (χ4n) is 2.46. The first kappa shape index (κ1) is 17.5. The van der Waals surface area contributed by atoms with Crippen LogP contribution in [0.4, 0.5) is 10.8 Å². The molecule has 0 aliphatic carbocycles. The number of aryl methyl sites for hydroxylation is 1. The number of benzene rings is 1. The summed E-state index contributed by atoms with van der Waals surface area (Å²) < 4.78 is 5.27. The van der Waals surface area contributed by atoms with Crippen molar-refractivity contribution in [3.63, 3.8) is 0 Å². The van der Waals surface area contributed by atoms with Gasteiger partial charge in [-0.3, -0.25) is 9.69 Å². The van der Waals surface area contributed by atoms with E-state index in [0.717, 1.165) is 17.1 Å². The number of aromatic nitrogens is 1. The van der Waals surface area contributed by atoms with E-state index >= 15 is 0 Å². The molecule has 2 aromatic heterocycles. The van der Waals surface area contributed by atoms with Gasteiger partial charge in [-0.2, -0.15) is 4.99 Å². The number of furan rings is 1. The Balaban J connectivity index is 1.68. The Morgan fingerprint density at radius 2 is 2.04 bits per heavy atom. The quantitative estimate of drug-likeness (QED) is 0.556. The van der Waals surface area contributed by atoms with E-state index in [-0.39, 0.29) is 5.91 Å². The molecule has 1 aliphatic rings. The van der Waals surface area contributed by atoms with Crippen molar-refractivity contribution in [2.24, 2.45) is 4.99 Å². The van der Waals surface area contributed by atoms with Crippen molar-refractivity contribution in [1.82, 2.24) is 4.98 Å². The minimum Gasteiger partial charge on any atom is -0.465 e. The summed E-state index contributed by atoms with van der Waals surface area (Å²) in [4.78, 5) is 24.2. The number of nitrogens with zero attached hydrogens (tertiary/aromatic N) is 3. The monoisotopic (exact) mass is 393 g/mol. The Bertz CT molecular complexity index is 1030. The van der Waals surface area contributed by atoms with Gasteiger partial charge in [0.15, 0.2) is 5.17 Å². The molecule has 3 aromatic rings. The first-order valence-corrected chi connectivity index (χ1v) is 9.90. The third-order valence-electron chi connectivity index (χ3n) is 3.67. The van der Waals surface area contributed by atoms with Crippen molar-refractivity contribution in [2.75, 3.05) is 4.90 Å². The smallest absolute Gasteiger partial charge is 0.271 e. The Hall–Kier alpha value is -2.90. The fraction of sp³-hybridized carbons (Fsp3) is 0.0500. The largest absolute Gasteiger partial charge is 0.465 e. The molecule has 0 bridgehead atoms. The third kappa shape index (κ3) is 3.94. The highest BCUT2D eigenvalue weighted by Gasteiger charge is 2.34. The lowest BCUT2D eigenvalue weighted by atomic mass is 10.3. The van der Waals surface area contributed by atoms with Crippen molar-refractivity contribution in [1.29, 1.82) is 0 Å². The number of thiazole rings is 1. The molecule has 1 fully saturated rings. The standard InChI is InChI=1S/C20H15N3O2S2/c1-14-13-26-19(21-14)22-20-23(15-7-3-2-4-8-15)18(24)17(27-20)11-5-9-16-10-6-12-25-16/h2-13H,1H3/b9-5+,17-11+,22-20+. The van der Waals surface area contributed by atoms with Crippen LogP contribution in [0.5, 0.6) is 0 Å². The van der Waals surface area contributed by atoms with Gasteiger partial charge in [-0.25, -0.2) is 4.98 Å². The second-order valence-corrected chi connectivity index (χ2v) is 7.50. The highest BCUT2D eigenvalue weighted by molar-refractivity contribution is 8.19. The maximum atomic E-state index is 13.0. The molecule has 5 nitrogen and oxygen atoms in total. The summed E-state index contributed by atoms with van der Waals surface area (Å²) in [5.41, 5.74) is 1.69. The predicted octanol–water partition coefficient (Wildman–Crippen LogP) is 5.41. The summed E-state index contributed by atoms with van der Waals surface area (Å²) in [6.07, 6.45) is 7.01. The number of rotatable bonds is 4. The molecule has 1 aromatic carbocycles. The van der Waals surface area contributed by atoms with Crippen LogP contribution in [0.2, 0.25) is 0 Å². The summed E-state index contributed by atoms with van der Waals surface area (Å²) in [5, 5.41) is 3.17. The second-order valence-electron chi connectivity index (χ2n) is 5.65. The van der Waals surface area contributed by atoms with Gasteiger partial charge in [0, 0.05) is 5.38 Å². The molecule has 0 spiro atoms. The maximum absolute atomic E-state index is 13.0. The summed E-state index contributed by atoms with van der Waals surface area (Å²) in [5.74, 6) is 0.622. The minimum absolute atomic E-state index is 0.109. The van der Waals surface area contributed by atoms with Gasteiger partial charge in [0.2, 0.25) is 5.13 Å². The first-order valence-electron chi connectivity index (χ1n) is 8.21. The Morgan fingerprint density at radius 1 is 1.19 bits per heavy atom. The molecule has 0 radical (unpaired) electrons. The SMILES string of the molecule is Cc1csc(/N=C2/S/C(=C/C=C/c3ccco3)C(=O)N2c2ccccc2)n1. The van der Waals surface area contributed by atoms with Crippen molar-refractivity contribution >= 4 is 51.1 Å². The van der Waals surface area contributed by atoms with Crippen LogP contribution >= 0.6 is 23.1 Å². The van der Waals surface area contributed by atoms with E-state index in [4.69, 9.17) is 4.42 Å². The molecule has 7 heteroatoms. The van der Waals surface area contributed by atoms with Gasteiger partial charge in [0.1, 0.15) is 5.76 Å². The Kier molecular flexibility index (Phi) is 5.04. The van der Waals surface area contributed by atoms with Crippen LogP contribution in [-0.4, -0.2) is 16.1 Å². The zero-order valence-electron chi connectivity index (χ0n) is 14.4. The molecule has 0 atom stereocenters. The van der Waals surface area contributed by atoms with Crippen LogP contribution in [-0.2, 0) is 4.79 Å². The third-order valence-corrected chi connectivity index (χ3v) is 5.51. The molecular weight excluding hydrogens is 378 g/mol. The topological polar surface area (TPSA) is 58.7 Å². The number of carbonyl (C=O) groups is 1. The molecule has 4 rings (SSSR count). The molecule has 0 saturated carbocycles. The van der Waals surface area contributed by atoms with Crippen molar-refractivity contribution < 1.29 is 9.21 Å². The zero-order valence-corrected chi connectivity index (χ0v) is 16.0. The summed E-state index contributed by atoms with van der Waals surface area (Å²) in [6.45, 7) is 1.92. The summed E-state index contributed by atoms with van der Waals surface area (Å²) >= 11 is 2.79. The lowest BCUT2D eigenvalue weighted by molar-refractivity contribution is -0.113. The van der Waals surface area contributed by atoms with Gasteiger partial charge in [-0.15, -0.1) is 11.3 Å². The maximum Gasteiger partial charge on any atom is 0.271 e. The number of aliphatic imine (C=N–C) groups is 1. The van der Waals surface area contributed by atoms with Crippen LogP contribution in [0, 0.1) is 6.92 Å². The molecule has 0 unspecified atom stereocenters.